The topological polar surface area (TPSA) is 51.5 Å². The second-order valence-corrected chi connectivity index (χ2v) is 10.7. The van der Waals surface area contributed by atoms with Crippen molar-refractivity contribution in [2.24, 2.45) is 29.1 Å². The lowest BCUT2D eigenvalue weighted by Crippen LogP contribution is -2.44. The molecule has 4 aliphatic rings. The molecule has 0 unspecified atom stereocenters. The zero-order valence-electron chi connectivity index (χ0n) is 18.6. The van der Waals surface area contributed by atoms with E-state index in [2.05, 4.69) is 31.3 Å². The fraction of sp³-hybridized carbons (Fsp3) is 0.731. The maximum atomic E-state index is 12.8. The molecule has 1 aliphatic heterocycles. The lowest BCUT2D eigenvalue weighted by Gasteiger charge is -2.46. The second kappa shape index (κ2) is 8.18. The first kappa shape index (κ1) is 20.4. The number of allylic oxidation sites excluding steroid dienone is 1. The van der Waals surface area contributed by atoms with Gasteiger partial charge in [-0.3, -0.25) is 4.79 Å². The monoisotopic (exact) mass is 411 g/mol. The summed E-state index contributed by atoms with van der Waals surface area (Å²) in [7, 11) is 0. The van der Waals surface area contributed by atoms with Gasteiger partial charge in [0.05, 0.1) is 12.2 Å². The van der Waals surface area contributed by atoms with Gasteiger partial charge in [0, 0.05) is 24.9 Å². The molecule has 3 aliphatic carbocycles. The number of carbonyl (C=O) groups is 1. The predicted octanol–water partition coefficient (Wildman–Crippen LogP) is 5.28. The molecule has 3 fully saturated rings. The van der Waals surface area contributed by atoms with Gasteiger partial charge < -0.3 is 14.5 Å². The Morgan fingerprint density at radius 3 is 2.90 bits per heavy atom. The Morgan fingerprint density at radius 2 is 2.07 bits per heavy atom. The molecular formula is C26H37NO3. The number of fused-ring (bicyclic) bond motifs is 2. The van der Waals surface area contributed by atoms with Crippen LogP contribution in [-0.2, 0) is 16.0 Å². The number of hydrogen-bond donors (Lipinski definition) is 1. The summed E-state index contributed by atoms with van der Waals surface area (Å²) in [5.74, 6) is 2.54. The highest BCUT2D eigenvalue weighted by molar-refractivity contribution is 5.76. The molecule has 7 atom stereocenters. The van der Waals surface area contributed by atoms with Crippen LogP contribution in [-0.4, -0.2) is 24.7 Å². The van der Waals surface area contributed by atoms with Gasteiger partial charge in [0.15, 0.2) is 0 Å². The van der Waals surface area contributed by atoms with Gasteiger partial charge in [0.25, 0.3) is 0 Å². The van der Waals surface area contributed by atoms with E-state index in [9.17, 15) is 4.79 Å². The van der Waals surface area contributed by atoms with Crippen LogP contribution in [0.2, 0.25) is 0 Å². The Labute approximate surface area is 180 Å². The minimum Gasteiger partial charge on any atom is -0.469 e. The summed E-state index contributed by atoms with van der Waals surface area (Å²) in [5, 5.41) is 3.81. The molecule has 1 aromatic heterocycles. The van der Waals surface area contributed by atoms with Gasteiger partial charge in [-0.2, -0.15) is 0 Å². The van der Waals surface area contributed by atoms with E-state index >= 15 is 0 Å². The zero-order chi connectivity index (χ0) is 20.7. The lowest BCUT2D eigenvalue weighted by atomic mass is 9.59. The molecule has 1 saturated heterocycles. The van der Waals surface area contributed by atoms with E-state index < -0.39 is 0 Å². The van der Waals surface area contributed by atoms with Gasteiger partial charge in [-0.15, -0.1) is 0 Å². The standard InChI is InChI=1S/C26H37NO3/c1-17-7-5-11-26(2)15-24-20(14-22(17)26)21(25(28)30-24)16-27-23-10-4-3-8-18(23)13-19-9-6-12-29-19/h6,9,12,14,17-18,20-21,23-24,27H,3-5,7-8,10-11,13,15-16H2,1-2H3/t17-,18-,20+,21+,23-,24+,26+/m0/s1. The lowest BCUT2D eigenvalue weighted by molar-refractivity contribution is -0.145. The number of furan rings is 1. The molecular weight excluding hydrogens is 374 g/mol. The van der Waals surface area contributed by atoms with Gasteiger partial charge >= 0.3 is 5.97 Å². The zero-order valence-corrected chi connectivity index (χ0v) is 18.6. The Balaban J connectivity index is 1.28. The van der Waals surface area contributed by atoms with E-state index in [1.807, 2.05) is 6.07 Å². The Hall–Kier alpha value is -1.55. The highest BCUT2D eigenvalue weighted by atomic mass is 16.6. The third-order valence-electron chi connectivity index (χ3n) is 8.63. The Bertz CT molecular complexity index is 784. The largest absolute Gasteiger partial charge is 0.469 e. The van der Waals surface area contributed by atoms with Crippen molar-refractivity contribution in [3.8, 4) is 0 Å². The number of rotatable bonds is 5. The average Bonchev–Trinajstić information content (AvgIpc) is 3.33. The van der Waals surface area contributed by atoms with Crippen LogP contribution in [0.4, 0.5) is 0 Å². The minimum atomic E-state index is -0.0348. The molecule has 0 radical (unpaired) electrons. The van der Waals surface area contributed by atoms with Crippen LogP contribution in [0.3, 0.4) is 0 Å². The van der Waals surface area contributed by atoms with Crippen molar-refractivity contribution in [3.63, 3.8) is 0 Å². The average molecular weight is 412 g/mol. The first-order valence-electron chi connectivity index (χ1n) is 12.2. The molecule has 0 bridgehead atoms. The molecule has 1 aromatic rings. The van der Waals surface area contributed by atoms with Crippen molar-refractivity contribution in [2.45, 2.75) is 83.8 Å². The number of carbonyl (C=O) groups excluding carboxylic acids is 1. The van der Waals surface area contributed by atoms with Crippen molar-refractivity contribution < 1.29 is 13.9 Å². The molecule has 2 heterocycles. The molecule has 30 heavy (non-hydrogen) atoms. The number of nitrogens with one attached hydrogen (secondary N) is 1. The SMILES string of the molecule is C[C@H]1CCC[C@]2(C)C[C@H]3OC(=O)[C@H](CN[C@H]4CCCC[C@H]4Cc4ccco4)[C@H]3C=C12. The predicted molar refractivity (Wildman–Crippen MR) is 117 cm³/mol. The normalized spacial score (nSPS) is 41.0. The Morgan fingerprint density at radius 1 is 1.20 bits per heavy atom. The van der Waals surface area contributed by atoms with Crippen molar-refractivity contribution in [2.75, 3.05) is 6.54 Å². The van der Waals surface area contributed by atoms with Crippen LogP contribution < -0.4 is 5.32 Å². The van der Waals surface area contributed by atoms with E-state index in [0.717, 1.165) is 25.1 Å². The van der Waals surface area contributed by atoms with Gasteiger partial charge in [0.1, 0.15) is 11.9 Å². The fourth-order valence-corrected chi connectivity index (χ4v) is 6.97. The molecule has 5 rings (SSSR count). The number of ether oxygens (including phenoxy) is 1. The summed E-state index contributed by atoms with van der Waals surface area (Å²) in [6, 6.07) is 4.53. The smallest absolute Gasteiger partial charge is 0.311 e. The summed E-state index contributed by atoms with van der Waals surface area (Å²) in [6.07, 6.45) is 15.1. The van der Waals surface area contributed by atoms with Gasteiger partial charge in [-0.25, -0.2) is 0 Å². The van der Waals surface area contributed by atoms with Crippen LogP contribution in [0.25, 0.3) is 0 Å². The maximum absolute atomic E-state index is 12.8. The fourth-order valence-electron chi connectivity index (χ4n) is 6.97. The summed E-state index contributed by atoms with van der Waals surface area (Å²) < 4.78 is 11.6. The second-order valence-electron chi connectivity index (χ2n) is 10.7. The summed E-state index contributed by atoms with van der Waals surface area (Å²) in [6.45, 7) is 5.51. The Kier molecular flexibility index (Phi) is 5.55. The quantitative estimate of drug-likeness (QED) is 0.529. The van der Waals surface area contributed by atoms with E-state index in [0.29, 0.717) is 17.9 Å². The highest BCUT2D eigenvalue weighted by Crippen LogP contribution is 2.53. The van der Waals surface area contributed by atoms with Crippen LogP contribution in [0.15, 0.2) is 34.5 Å². The third kappa shape index (κ3) is 3.77. The molecule has 0 spiro atoms. The summed E-state index contributed by atoms with van der Waals surface area (Å²) >= 11 is 0. The van der Waals surface area contributed by atoms with E-state index in [1.165, 1.54) is 44.9 Å². The summed E-state index contributed by atoms with van der Waals surface area (Å²) in [5.41, 5.74) is 1.84. The van der Waals surface area contributed by atoms with Crippen LogP contribution in [0, 0.1) is 29.1 Å². The van der Waals surface area contributed by atoms with Crippen molar-refractivity contribution in [1.82, 2.24) is 5.32 Å². The van der Waals surface area contributed by atoms with Crippen molar-refractivity contribution in [3.05, 3.63) is 35.8 Å². The van der Waals surface area contributed by atoms with Gasteiger partial charge in [-0.1, -0.05) is 44.8 Å². The molecule has 1 N–H and O–H groups in total. The number of esters is 1. The van der Waals surface area contributed by atoms with E-state index in [4.69, 9.17) is 9.15 Å². The molecule has 2 saturated carbocycles. The van der Waals surface area contributed by atoms with Gasteiger partial charge in [-0.05, 0) is 61.5 Å². The first-order valence-corrected chi connectivity index (χ1v) is 12.2. The maximum Gasteiger partial charge on any atom is 0.311 e. The number of hydrogen-bond acceptors (Lipinski definition) is 4. The molecule has 164 valence electrons. The van der Waals surface area contributed by atoms with Crippen molar-refractivity contribution in [1.29, 1.82) is 0 Å². The first-order chi connectivity index (χ1) is 14.5. The van der Waals surface area contributed by atoms with Crippen LogP contribution in [0.5, 0.6) is 0 Å². The van der Waals surface area contributed by atoms with E-state index in [1.54, 1.807) is 11.8 Å². The third-order valence-corrected chi connectivity index (χ3v) is 8.63. The van der Waals surface area contributed by atoms with Gasteiger partial charge in [0.2, 0.25) is 0 Å². The van der Waals surface area contributed by atoms with E-state index in [-0.39, 0.29) is 29.3 Å². The molecule has 4 heteroatoms. The molecule has 4 nitrogen and oxygen atoms in total. The highest BCUT2D eigenvalue weighted by Gasteiger charge is 2.51. The summed E-state index contributed by atoms with van der Waals surface area (Å²) in [4.78, 5) is 12.8. The minimum absolute atomic E-state index is 0.0163. The van der Waals surface area contributed by atoms with Crippen molar-refractivity contribution >= 4 is 5.97 Å². The molecule has 0 aromatic carbocycles. The van der Waals surface area contributed by atoms with Crippen LogP contribution in [0.1, 0.15) is 71.0 Å². The molecule has 0 amide bonds. The van der Waals surface area contributed by atoms with Crippen LogP contribution >= 0.6 is 0 Å².